The molecule has 53 heavy (non-hydrogen) atoms. The number of nitrogens with zero attached hydrogens (tertiary/aromatic N) is 5. The molecule has 0 spiro atoms. The second kappa shape index (κ2) is 16.4. The zero-order chi connectivity index (χ0) is 37.8. The Hall–Kier alpha value is -4.92. The summed E-state index contributed by atoms with van der Waals surface area (Å²) in [5.41, 5.74) is 2.73. The highest BCUT2D eigenvalue weighted by atomic mass is 35.5. The minimum Gasteiger partial charge on any atom is -0.377 e. The van der Waals surface area contributed by atoms with E-state index in [4.69, 9.17) is 16.3 Å². The number of hydrogen-bond donors (Lipinski definition) is 3. The molecule has 2 aliphatic heterocycles. The molecular formula is C38H44ClF2N8O4+. The number of aromatic nitrogens is 4. The Kier molecular flexibility index (Phi) is 11.7. The molecule has 1 atom stereocenters. The van der Waals surface area contributed by atoms with E-state index in [0.29, 0.717) is 62.8 Å². The van der Waals surface area contributed by atoms with Crippen molar-refractivity contribution in [1.29, 1.82) is 0 Å². The van der Waals surface area contributed by atoms with Gasteiger partial charge in [0.2, 0.25) is 5.91 Å². The number of nitrogens with one attached hydrogen (secondary N) is 3. The number of quaternary nitrogens is 1. The second-order valence-electron chi connectivity index (χ2n) is 13.6. The van der Waals surface area contributed by atoms with Gasteiger partial charge >= 0.3 is 0 Å². The molecule has 2 aromatic carbocycles. The lowest BCUT2D eigenvalue weighted by Crippen LogP contribution is -3.05. The average Bonchev–Trinajstić information content (AvgIpc) is 3.80. The Balaban J connectivity index is 1.10. The summed E-state index contributed by atoms with van der Waals surface area (Å²) in [5.74, 6) is -2.95. The fraction of sp³-hybridized carbons (Fsp3) is 0.395. The SMILES string of the molecule is CCC(CC[NH+](C)C)C(=O)N1CCN(C(=O)c2ccc(NC(=O)c3ncc(-c4ccc(-c5cn[nH]c5C5=CCOCC5)c(F)c4F)n3C)cc2Cl)CC1. The van der Waals surface area contributed by atoms with Gasteiger partial charge in [-0.2, -0.15) is 5.10 Å². The first-order chi connectivity index (χ1) is 25.5. The van der Waals surface area contributed by atoms with Crippen molar-refractivity contribution in [2.75, 3.05) is 65.3 Å². The molecule has 0 aliphatic carbocycles. The number of imidazole rings is 1. The van der Waals surface area contributed by atoms with Crippen LogP contribution in [0.25, 0.3) is 28.0 Å². The molecule has 0 saturated carbocycles. The van der Waals surface area contributed by atoms with Gasteiger partial charge in [-0.1, -0.05) is 30.7 Å². The number of hydrogen-bond acceptors (Lipinski definition) is 6. The number of benzene rings is 2. The van der Waals surface area contributed by atoms with Crippen LogP contribution in [0.4, 0.5) is 14.5 Å². The van der Waals surface area contributed by atoms with Crippen LogP contribution in [0.15, 0.2) is 48.8 Å². The highest BCUT2D eigenvalue weighted by molar-refractivity contribution is 6.34. The highest BCUT2D eigenvalue weighted by Crippen LogP contribution is 2.36. The minimum atomic E-state index is -1.09. The maximum absolute atomic E-state index is 15.6. The number of H-pyrrole nitrogens is 1. The number of rotatable bonds is 11. The van der Waals surface area contributed by atoms with Crippen molar-refractivity contribution in [3.63, 3.8) is 0 Å². The molecule has 3 N–H and O–H groups in total. The monoisotopic (exact) mass is 749 g/mol. The van der Waals surface area contributed by atoms with Crippen LogP contribution >= 0.6 is 11.6 Å². The zero-order valence-electron chi connectivity index (χ0n) is 30.3. The van der Waals surface area contributed by atoms with Gasteiger partial charge < -0.3 is 29.3 Å². The summed E-state index contributed by atoms with van der Waals surface area (Å²) in [5, 5.41) is 9.83. The molecule has 1 unspecified atom stereocenters. The number of anilines is 1. The van der Waals surface area contributed by atoms with Gasteiger partial charge in [-0.15, -0.1) is 0 Å². The lowest BCUT2D eigenvalue weighted by Gasteiger charge is -2.36. The standard InChI is InChI=1S/C38H43ClF2N8O4/c1-5-23(10-13-46(2)3)37(51)48-14-16-49(17-15-48)38(52)27-7-6-25(20-30(27)39)44-36(50)35-42-22-31(47(35)4)28-9-8-26(32(40)33(28)41)29-21-43-45-34(29)24-11-18-53-19-12-24/h6-9,11,20-23H,5,10,12-19H2,1-4H3,(H,43,45)(H,44,50)/p+1. The van der Waals surface area contributed by atoms with Crippen molar-refractivity contribution >= 4 is 40.6 Å². The van der Waals surface area contributed by atoms with Crippen molar-refractivity contribution in [2.45, 2.75) is 26.2 Å². The van der Waals surface area contributed by atoms with Crippen LogP contribution in [-0.2, 0) is 16.6 Å². The first-order valence-electron chi connectivity index (χ1n) is 17.8. The van der Waals surface area contributed by atoms with Gasteiger partial charge in [0.15, 0.2) is 17.5 Å². The average molecular weight is 750 g/mol. The number of carbonyl (C=O) groups is 3. The Bertz CT molecular complexity index is 2040. The Morgan fingerprint density at radius 1 is 1.02 bits per heavy atom. The van der Waals surface area contributed by atoms with E-state index in [2.05, 4.69) is 34.6 Å². The molecule has 15 heteroatoms. The summed E-state index contributed by atoms with van der Waals surface area (Å²) in [4.78, 5) is 48.8. The van der Waals surface area contributed by atoms with E-state index in [9.17, 15) is 14.4 Å². The molecule has 12 nitrogen and oxygen atoms in total. The molecule has 2 aromatic heterocycles. The molecule has 0 bridgehead atoms. The molecule has 1 fully saturated rings. The van der Waals surface area contributed by atoms with Gasteiger partial charge in [0, 0.05) is 67.9 Å². The summed E-state index contributed by atoms with van der Waals surface area (Å²) in [6, 6.07) is 7.51. The van der Waals surface area contributed by atoms with Gasteiger partial charge in [0.1, 0.15) is 0 Å². The fourth-order valence-electron chi connectivity index (χ4n) is 6.79. The quantitative estimate of drug-likeness (QED) is 0.210. The van der Waals surface area contributed by atoms with Crippen LogP contribution in [0.2, 0.25) is 5.02 Å². The van der Waals surface area contributed by atoms with E-state index >= 15 is 8.78 Å². The normalized spacial score (nSPS) is 15.4. The van der Waals surface area contributed by atoms with Gasteiger partial charge in [-0.05, 0) is 42.7 Å². The summed E-state index contributed by atoms with van der Waals surface area (Å²) < 4.78 is 38.0. The first-order valence-corrected chi connectivity index (χ1v) is 18.1. The van der Waals surface area contributed by atoms with E-state index in [-0.39, 0.29) is 51.0 Å². The first kappa shape index (κ1) is 37.8. The third-order valence-electron chi connectivity index (χ3n) is 9.93. The van der Waals surface area contributed by atoms with Crippen molar-refractivity contribution in [2.24, 2.45) is 13.0 Å². The number of carbonyl (C=O) groups excluding carboxylic acids is 3. The van der Waals surface area contributed by atoms with E-state index < -0.39 is 17.5 Å². The number of ether oxygens (including phenoxy) is 1. The topological polar surface area (TPSA) is 130 Å². The van der Waals surface area contributed by atoms with Crippen molar-refractivity contribution in [3.8, 4) is 22.4 Å². The summed E-state index contributed by atoms with van der Waals surface area (Å²) in [6.07, 6.45) is 6.88. The molecule has 3 amide bonds. The van der Waals surface area contributed by atoms with Gasteiger partial charge in [0.05, 0.1) is 68.2 Å². The largest absolute Gasteiger partial charge is 0.377 e. The predicted octanol–water partition coefficient (Wildman–Crippen LogP) is 4.31. The molecule has 6 rings (SSSR count). The summed E-state index contributed by atoms with van der Waals surface area (Å²) in [6.45, 7) is 5.59. The number of halogens is 3. The van der Waals surface area contributed by atoms with Crippen molar-refractivity contribution in [1.82, 2.24) is 29.5 Å². The Labute approximate surface area is 311 Å². The summed E-state index contributed by atoms with van der Waals surface area (Å²) in [7, 11) is 5.68. The van der Waals surface area contributed by atoms with E-state index in [1.807, 2.05) is 17.9 Å². The number of aromatic amines is 1. The van der Waals surface area contributed by atoms with Crippen LogP contribution < -0.4 is 10.2 Å². The smallest absolute Gasteiger partial charge is 0.291 e. The zero-order valence-corrected chi connectivity index (χ0v) is 31.0. The summed E-state index contributed by atoms with van der Waals surface area (Å²) >= 11 is 6.55. The van der Waals surface area contributed by atoms with E-state index in [1.165, 1.54) is 47.1 Å². The van der Waals surface area contributed by atoms with Gasteiger partial charge in [0.25, 0.3) is 11.8 Å². The lowest BCUT2D eigenvalue weighted by molar-refractivity contribution is -0.858. The Morgan fingerprint density at radius 3 is 2.42 bits per heavy atom. The van der Waals surface area contributed by atoms with Crippen LogP contribution in [0, 0.1) is 17.6 Å². The van der Waals surface area contributed by atoms with Crippen LogP contribution in [0.5, 0.6) is 0 Å². The molecule has 4 heterocycles. The minimum absolute atomic E-state index is 0.0278. The van der Waals surface area contributed by atoms with E-state index in [1.54, 1.807) is 17.0 Å². The molecule has 1 saturated heterocycles. The highest BCUT2D eigenvalue weighted by Gasteiger charge is 2.30. The third-order valence-corrected chi connectivity index (χ3v) is 10.2. The third kappa shape index (κ3) is 8.04. The van der Waals surface area contributed by atoms with Crippen LogP contribution in [0.1, 0.15) is 52.9 Å². The molecular weight excluding hydrogens is 706 g/mol. The second-order valence-corrected chi connectivity index (χ2v) is 14.1. The molecule has 0 radical (unpaired) electrons. The van der Waals surface area contributed by atoms with Crippen LogP contribution in [-0.4, -0.2) is 107 Å². The van der Waals surface area contributed by atoms with E-state index in [0.717, 1.165) is 25.0 Å². The number of piperazine rings is 1. The maximum Gasteiger partial charge on any atom is 0.291 e. The number of amides is 3. The van der Waals surface area contributed by atoms with Crippen molar-refractivity contribution in [3.05, 3.63) is 82.5 Å². The fourth-order valence-corrected chi connectivity index (χ4v) is 7.05. The van der Waals surface area contributed by atoms with Gasteiger partial charge in [-0.3, -0.25) is 19.5 Å². The van der Waals surface area contributed by atoms with Crippen LogP contribution in [0.3, 0.4) is 0 Å². The Morgan fingerprint density at radius 2 is 1.74 bits per heavy atom. The molecule has 2 aliphatic rings. The predicted molar refractivity (Wildman–Crippen MR) is 198 cm³/mol. The van der Waals surface area contributed by atoms with Gasteiger partial charge in [-0.25, -0.2) is 13.8 Å². The molecule has 4 aromatic rings. The maximum atomic E-state index is 15.6. The lowest BCUT2D eigenvalue weighted by atomic mass is 9.97. The molecule has 280 valence electrons. The van der Waals surface area contributed by atoms with Crippen molar-refractivity contribution < 1.29 is 32.8 Å².